The Hall–Kier alpha value is -0.470. The Bertz CT molecular complexity index is 258. The molecule has 1 saturated heterocycles. The van der Waals surface area contributed by atoms with Crippen LogP contribution < -0.4 is 5.32 Å². The topological polar surface area (TPSA) is 41.6 Å². The molecule has 0 aromatic rings. The van der Waals surface area contributed by atoms with Crippen molar-refractivity contribution < 1.29 is 22.7 Å². The van der Waals surface area contributed by atoms with Gasteiger partial charge in [0.15, 0.2) is 0 Å². The third kappa shape index (κ3) is 7.07. The first-order valence-corrected chi connectivity index (χ1v) is 6.74. The molecule has 106 valence electrons. The molecule has 1 N–H and O–H groups in total. The smallest absolute Gasteiger partial charge is 0.378 e. The summed E-state index contributed by atoms with van der Waals surface area (Å²) in [5.74, 6) is -0.0100. The number of hydrogen-bond donors (Lipinski definition) is 1. The number of nitrogens with zero attached hydrogens (tertiary/aromatic N) is 1. The number of carbonyl (C=O) groups excluding carboxylic acids is 1. The molecular weight excluding hydrogens is 269 g/mol. The van der Waals surface area contributed by atoms with Crippen molar-refractivity contribution in [2.75, 3.05) is 45.1 Å². The van der Waals surface area contributed by atoms with Crippen LogP contribution in [0.2, 0.25) is 0 Å². The Morgan fingerprint density at radius 3 is 2.56 bits per heavy atom. The lowest BCUT2D eigenvalue weighted by Crippen LogP contribution is -2.41. The summed E-state index contributed by atoms with van der Waals surface area (Å²) in [6.45, 7) is 2.98. The molecule has 1 aliphatic rings. The Kier molecular flexibility index (Phi) is 6.80. The van der Waals surface area contributed by atoms with Crippen LogP contribution >= 0.6 is 11.8 Å². The summed E-state index contributed by atoms with van der Waals surface area (Å²) in [5, 5.41) is 2.83. The fourth-order valence-electron chi connectivity index (χ4n) is 1.53. The van der Waals surface area contributed by atoms with Gasteiger partial charge in [-0.2, -0.15) is 13.2 Å². The number of ether oxygens (including phenoxy) is 1. The third-order valence-electron chi connectivity index (χ3n) is 2.42. The zero-order valence-electron chi connectivity index (χ0n) is 9.96. The molecule has 0 atom stereocenters. The van der Waals surface area contributed by atoms with E-state index in [1.165, 1.54) is 0 Å². The van der Waals surface area contributed by atoms with Crippen molar-refractivity contribution in [1.82, 2.24) is 10.2 Å². The van der Waals surface area contributed by atoms with E-state index in [0.29, 0.717) is 39.3 Å². The van der Waals surface area contributed by atoms with Crippen molar-refractivity contribution in [2.24, 2.45) is 0 Å². The van der Waals surface area contributed by atoms with Crippen LogP contribution in [0.4, 0.5) is 13.2 Å². The zero-order chi connectivity index (χ0) is 13.4. The van der Waals surface area contributed by atoms with Gasteiger partial charge in [0.1, 0.15) is 0 Å². The molecule has 1 heterocycles. The molecule has 1 aliphatic heterocycles. The number of nitrogens with one attached hydrogen (secondary N) is 1. The summed E-state index contributed by atoms with van der Waals surface area (Å²) in [6, 6.07) is 0. The summed E-state index contributed by atoms with van der Waals surface area (Å²) < 4.78 is 40.5. The highest BCUT2D eigenvalue weighted by Gasteiger charge is 2.27. The summed E-state index contributed by atoms with van der Waals surface area (Å²) in [6.07, 6.45) is 0.316. The van der Waals surface area contributed by atoms with Gasteiger partial charge in [-0.05, 0) is 11.8 Å². The van der Waals surface area contributed by atoms with Crippen LogP contribution in [0.3, 0.4) is 0 Å². The van der Waals surface area contributed by atoms with Crippen molar-refractivity contribution in [1.29, 1.82) is 0 Å². The number of thioether (sulfide) groups is 1. The number of morpholine rings is 1. The lowest BCUT2D eigenvalue weighted by Gasteiger charge is -2.26. The average Bonchev–Trinajstić information content (AvgIpc) is 2.33. The van der Waals surface area contributed by atoms with Gasteiger partial charge in [0, 0.05) is 38.4 Å². The van der Waals surface area contributed by atoms with Crippen molar-refractivity contribution >= 4 is 17.7 Å². The number of amides is 1. The van der Waals surface area contributed by atoms with Crippen LogP contribution in [-0.4, -0.2) is 61.5 Å². The number of rotatable bonds is 6. The largest absolute Gasteiger partial charge is 0.441 e. The monoisotopic (exact) mass is 286 g/mol. The maximum atomic E-state index is 11.8. The summed E-state index contributed by atoms with van der Waals surface area (Å²) in [7, 11) is 0. The highest BCUT2D eigenvalue weighted by atomic mass is 32.2. The lowest BCUT2D eigenvalue weighted by molar-refractivity contribution is -0.135. The van der Waals surface area contributed by atoms with E-state index in [4.69, 9.17) is 4.74 Å². The van der Waals surface area contributed by atoms with E-state index in [2.05, 4.69) is 5.32 Å². The van der Waals surface area contributed by atoms with Gasteiger partial charge in [-0.3, -0.25) is 4.79 Å². The van der Waals surface area contributed by atoms with E-state index < -0.39 is 5.51 Å². The molecule has 1 fully saturated rings. The summed E-state index contributed by atoms with van der Waals surface area (Å²) >= 11 is -0.0539. The number of alkyl halides is 3. The lowest BCUT2D eigenvalue weighted by atomic mass is 10.3. The first-order valence-electron chi connectivity index (χ1n) is 5.76. The van der Waals surface area contributed by atoms with Gasteiger partial charge in [-0.15, -0.1) is 0 Å². The van der Waals surface area contributed by atoms with Crippen molar-refractivity contribution in [2.45, 2.75) is 11.9 Å². The first-order chi connectivity index (χ1) is 8.49. The molecule has 18 heavy (non-hydrogen) atoms. The maximum absolute atomic E-state index is 11.8. The SMILES string of the molecule is O=C(CCNCCSC(F)(F)F)N1CCOCC1. The number of carbonyl (C=O) groups is 1. The zero-order valence-corrected chi connectivity index (χ0v) is 10.8. The van der Waals surface area contributed by atoms with Gasteiger partial charge >= 0.3 is 5.51 Å². The second-order valence-electron chi connectivity index (χ2n) is 3.79. The molecule has 1 rings (SSSR count). The van der Waals surface area contributed by atoms with Gasteiger partial charge in [0.25, 0.3) is 0 Å². The van der Waals surface area contributed by atoms with Crippen LogP contribution in [0.25, 0.3) is 0 Å². The molecule has 0 radical (unpaired) electrons. The van der Waals surface area contributed by atoms with Crippen molar-refractivity contribution in [3.05, 3.63) is 0 Å². The van der Waals surface area contributed by atoms with E-state index in [1.54, 1.807) is 4.90 Å². The molecule has 0 unspecified atom stereocenters. The molecule has 0 aliphatic carbocycles. The Balaban J connectivity index is 1.98. The predicted octanol–water partition coefficient (Wildman–Crippen LogP) is 1.08. The predicted molar refractivity (Wildman–Crippen MR) is 63.4 cm³/mol. The first kappa shape index (κ1) is 15.6. The molecule has 0 saturated carbocycles. The molecule has 0 aromatic carbocycles. The van der Waals surface area contributed by atoms with E-state index in [0.717, 1.165) is 0 Å². The van der Waals surface area contributed by atoms with E-state index in [-0.39, 0.29) is 30.0 Å². The molecule has 1 amide bonds. The Morgan fingerprint density at radius 1 is 1.28 bits per heavy atom. The normalized spacial score (nSPS) is 16.9. The second-order valence-corrected chi connectivity index (χ2v) is 4.95. The van der Waals surface area contributed by atoms with Crippen molar-refractivity contribution in [3.8, 4) is 0 Å². The molecule has 0 aromatic heterocycles. The van der Waals surface area contributed by atoms with Gasteiger partial charge in [-0.25, -0.2) is 0 Å². The Labute approximate surface area is 108 Å². The Morgan fingerprint density at radius 2 is 1.94 bits per heavy atom. The minimum atomic E-state index is -4.18. The van der Waals surface area contributed by atoms with Gasteiger partial charge in [-0.1, -0.05) is 0 Å². The van der Waals surface area contributed by atoms with E-state index >= 15 is 0 Å². The highest BCUT2D eigenvalue weighted by molar-refractivity contribution is 8.00. The maximum Gasteiger partial charge on any atom is 0.441 e. The fraction of sp³-hybridized carbons (Fsp3) is 0.900. The molecule has 0 spiro atoms. The van der Waals surface area contributed by atoms with Crippen LogP contribution in [0.15, 0.2) is 0 Å². The van der Waals surface area contributed by atoms with E-state index in [1.807, 2.05) is 0 Å². The quantitative estimate of drug-likeness (QED) is 0.742. The van der Waals surface area contributed by atoms with Gasteiger partial charge in [0.2, 0.25) is 5.91 Å². The highest BCUT2D eigenvalue weighted by Crippen LogP contribution is 2.29. The number of hydrogen-bond acceptors (Lipinski definition) is 4. The van der Waals surface area contributed by atoms with Gasteiger partial charge in [0.05, 0.1) is 13.2 Å². The van der Waals surface area contributed by atoms with Crippen LogP contribution in [0, 0.1) is 0 Å². The molecular formula is C10H17F3N2O2S. The van der Waals surface area contributed by atoms with Crippen LogP contribution in [-0.2, 0) is 9.53 Å². The molecule has 4 nitrogen and oxygen atoms in total. The fourth-order valence-corrected chi connectivity index (χ4v) is 2.01. The van der Waals surface area contributed by atoms with Crippen molar-refractivity contribution in [3.63, 3.8) is 0 Å². The average molecular weight is 286 g/mol. The minimum absolute atomic E-state index is 0.0225. The minimum Gasteiger partial charge on any atom is -0.378 e. The van der Waals surface area contributed by atoms with Gasteiger partial charge < -0.3 is 15.0 Å². The summed E-state index contributed by atoms with van der Waals surface area (Å²) in [4.78, 5) is 13.4. The van der Waals surface area contributed by atoms with E-state index in [9.17, 15) is 18.0 Å². The third-order valence-corrected chi connectivity index (χ3v) is 3.16. The van der Waals surface area contributed by atoms with Crippen LogP contribution in [0.5, 0.6) is 0 Å². The molecule has 8 heteroatoms. The van der Waals surface area contributed by atoms with Crippen LogP contribution in [0.1, 0.15) is 6.42 Å². The standard InChI is InChI=1S/C10H17F3N2O2S/c11-10(12,13)18-8-3-14-2-1-9(16)15-4-6-17-7-5-15/h14H,1-8H2. The summed E-state index contributed by atoms with van der Waals surface area (Å²) in [5.41, 5.74) is -4.18. The second kappa shape index (κ2) is 7.85. The number of halogens is 3. The molecule has 0 bridgehead atoms.